The number of hydrogen-bond donors (Lipinski definition) is 1. The van der Waals surface area contributed by atoms with Gasteiger partial charge in [0.1, 0.15) is 0 Å². The van der Waals surface area contributed by atoms with Crippen LogP contribution in [0.1, 0.15) is 31.4 Å². The Labute approximate surface area is 131 Å². The van der Waals surface area contributed by atoms with Crippen molar-refractivity contribution < 1.29 is 8.42 Å². The van der Waals surface area contributed by atoms with E-state index in [-0.39, 0.29) is 4.90 Å². The van der Waals surface area contributed by atoms with E-state index in [9.17, 15) is 8.42 Å². The van der Waals surface area contributed by atoms with Crippen LogP contribution < -0.4 is 4.83 Å². The summed E-state index contributed by atoms with van der Waals surface area (Å²) in [4.78, 5) is 2.47. The third-order valence-corrected chi connectivity index (χ3v) is 4.52. The zero-order valence-corrected chi connectivity index (χ0v) is 13.6. The van der Waals surface area contributed by atoms with Gasteiger partial charge in [-0.25, -0.2) is 0 Å². The lowest BCUT2D eigenvalue weighted by molar-refractivity contribution is 0.584. The second-order valence-electron chi connectivity index (χ2n) is 5.05. The SMILES string of the molecule is CCCc1ccc(C(C)=NNS(=O)(=O)c2ccccc2)cc1. The van der Waals surface area contributed by atoms with Gasteiger partial charge >= 0.3 is 0 Å². The maximum atomic E-state index is 12.1. The first-order chi connectivity index (χ1) is 10.5. The van der Waals surface area contributed by atoms with Crippen LogP contribution in [0.25, 0.3) is 0 Å². The minimum atomic E-state index is -3.62. The largest absolute Gasteiger partial charge is 0.276 e. The predicted octanol–water partition coefficient (Wildman–Crippen LogP) is 3.34. The molecule has 2 aromatic carbocycles. The van der Waals surface area contributed by atoms with Crippen LogP contribution in [0.15, 0.2) is 64.6 Å². The molecule has 0 saturated heterocycles. The van der Waals surface area contributed by atoms with Crippen molar-refractivity contribution in [2.75, 3.05) is 0 Å². The Hall–Kier alpha value is -2.14. The van der Waals surface area contributed by atoms with Crippen LogP contribution in [0.5, 0.6) is 0 Å². The molecule has 2 rings (SSSR count). The van der Waals surface area contributed by atoms with Gasteiger partial charge < -0.3 is 0 Å². The van der Waals surface area contributed by atoms with Gasteiger partial charge in [-0.1, -0.05) is 55.8 Å². The number of hydrazone groups is 1. The monoisotopic (exact) mass is 316 g/mol. The first kappa shape index (κ1) is 16.2. The van der Waals surface area contributed by atoms with Crippen molar-refractivity contribution in [1.29, 1.82) is 0 Å². The van der Waals surface area contributed by atoms with Crippen molar-refractivity contribution in [3.63, 3.8) is 0 Å². The van der Waals surface area contributed by atoms with Gasteiger partial charge in [-0.2, -0.15) is 18.4 Å². The second-order valence-corrected chi connectivity index (χ2v) is 6.71. The second kappa shape index (κ2) is 7.22. The van der Waals surface area contributed by atoms with Crippen LogP contribution in [0.4, 0.5) is 0 Å². The molecule has 0 aliphatic heterocycles. The Morgan fingerprint density at radius 2 is 1.68 bits per heavy atom. The average Bonchev–Trinajstić information content (AvgIpc) is 2.54. The van der Waals surface area contributed by atoms with Crippen molar-refractivity contribution in [2.24, 2.45) is 5.10 Å². The smallest absolute Gasteiger partial charge is 0.200 e. The molecule has 4 nitrogen and oxygen atoms in total. The van der Waals surface area contributed by atoms with Gasteiger partial charge in [-0.15, -0.1) is 0 Å². The Bertz CT molecular complexity index is 736. The van der Waals surface area contributed by atoms with E-state index >= 15 is 0 Å². The molecule has 22 heavy (non-hydrogen) atoms. The molecule has 0 fully saturated rings. The Kier molecular flexibility index (Phi) is 5.33. The molecule has 0 heterocycles. The zero-order chi connectivity index (χ0) is 16.0. The lowest BCUT2D eigenvalue weighted by atomic mass is 10.1. The van der Waals surface area contributed by atoms with E-state index in [0.29, 0.717) is 5.71 Å². The molecular formula is C17H20N2O2S. The highest BCUT2D eigenvalue weighted by molar-refractivity contribution is 7.89. The summed E-state index contributed by atoms with van der Waals surface area (Å²) in [5, 5.41) is 4.00. The Balaban J connectivity index is 2.12. The van der Waals surface area contributed by atoms with Gasteiger partial charge in [0.15, 0.2) is 0 Å². The molecule has 0 bridgehead atoms. The van der Waals surface area contributed by atoms with E-state index in [4.69, 9.17) is 0 Å². The molecule has 0 atom stereocenters. The van der Waals surface area contributed by atoms with Crippen molar-refractivity contribution >= 4 is 15.7 Å². The fraction of sp³-hybridized carbons (Fsp3) is 0.235. The number of benzene rings is 2. The summed E-state index contributed by atoms with van der Waals surface area (Å²) >= 11 is 0. The number of rotatable bonds is 6. The highest BCUT2D eigenvalue weighted by Gasteiger charge is 2.11. The van der Waals surface area contributed by atoms with Gasteiger partial charge in [-0.3, -0.25) is 0 Å². The molecule has 2 aromatic rings. The Morgan fingerprint density at radius 1 is 1.05 bits per heavy atom. The molecule has 0 aliphatic carbocycles. The van der Waals surface area contributed by atoms with Crippen molar-refractivity contribution in [3.8, 4) is 0 Å². The summed E-state index contributed by atoms with van der Waals surface area (Å²) in [6, 6.07) is 16.2. The summed E-state index contributed by atoms with van der Waals surface area (Å²) in [7, 11) is -3.62. The average molecular weight is 316 g/mol. The summed E-state index contributed by atoms with van der Waals surface area (Å²) < 4.78 is 24.2. The molecule has 0 aliphatic rings. The molecule has 0 aromatic heterocycles. The lowest BCUT2D eigenvalue weighted by Crippen LogP contribution is -2.19. The van der Waals surface area contributed by atoms with Crippen molar-refractivity contribution in [3.05, 3.63) is 65.7 Å². The van der Waals surface area contributed by atoms with Gasteiger partial charge in [0.2, 0.25) is 0 Å². The fourth-order valence-electron chi connectivity index (χ4n) is 2.05. The van der Waals surface area contributed by atoms with E-state index in [2.05, 4.69) is 16.9 Å². The van der Waals surface area contributed by atoms with Gasteiger partial charge in [-0.05, 0) is 36.6 Å². The molecule has 0 saturated carbocycles. The molecule has 1 N–H and O–H groups in total. The standard InChI is InChI=1S/C17H20N2O2S/c1-3-7-15-10-12-16(13-11-15)14(2)18-19-22(20,21)17-8-5-4-6-9-17/h4-6,8-13,19H,3,7H2,1-2H3. The normalized spacial score (nSPS) is 12.2. The molecule has 0 radical (unpaired) electrons. The number of hydrogen-bond acceptors (Lipinski definition) is 3. The van der Waals surface area contributed by atoms with Crippen LogP contribution in [-0.2, 0) is 16.4 Å². The van der Waals surface area contributed by atoms with Gasteiger partial charge in [0.05, 0.1) is 10.6 Å². The number of aryl methyl sites for hydroxylation is 1. The van der Waals surface area contributed by atoms with Crippen LogP contribution in [0.3, 0.4) is 0 Å². The quantitative estimate of drug-likeness (QED) is 0.656. The van der Waals surface area contributed by atoms with Crippen LogP contribution in [-0.4, -0.2) is 14.1 Å². The molecule has 0 unspecified atom stereocenters. The minimum absolute atomic E-state index is 0.199. The number of nitrogens with one attached hydrogen (secondary N) is 1. The highest BCUT2D eigenvalue weighted by Crippen LogP contribution is 2.09. The summed E-state index contributed by atoms with van der Waals surface area (Å²) in [5.41, 5.74) is 2.79. The van der Waals surface area contributed by atoms with E-state index in [1.165, 1.54) is 17.7 Å². The van der Waals surface area contributed by atoms with Crippen molar-refractivity contribution in [2.45, 2.75) is 31.6 Å². The molecular weight excluding hydrogens is 296 g/mol. The number of sulfonamides is 1. The lowest BCUT2D eigenvalue weighted by Gasteiger charge is -2.06. The van der Waals surface area contributed by atoms with Gasteiger partial charge in [0, 0.05) is 0 Å². The van der Waals surface area contributed by atoms with Gasteiger partial charge in [0.25, 0.3) is 10.0 Å². The van der Waals surface area contributed by atoms with E-state index < -0.39 is 10.0 Å². The summed E-state index contributed by atoms with van der Waals surface area (Å²) in [5.74, 6) is 0. The molecule has 116 valence electrons. The third-order valence-electron chi connectivity index (χ3n) is 3.30. The highest BCUT2D eigenvalue weighted by atomic mass is 32.2. The first-order valence-corrected chi connectivity index (χ1v) is 8.71. The predicted molar refractivity (Wildman–Crippen MR) is 89.4 cm³/mol. The minimum Gasteiger partial charge on any atom is -0.200 e. The van der Waals surface area contributed by atoms with Crippen LogP contribution in [0.2, 0.25) is 0 Å². The van der Waals surface area contributed by atoms with Crippen molar-refractivity contribution in [1.82, 2.24) is 4.83 Å². The summed E-state index contributed by atoms with van der Waals surface area (Å²) in [6.07, 6.45) is 2.14. The van der Waals surface area contributed by atoms with E-state index in [1.807, 2.05) is 24.3 Å². The first-order valence-electron chi connectivity index (χ1n) is 7.23. The Morgan fingerprint density at radius 3 is 2.27 bits per heavy atom. The van der Waals surface area contributed by atoms with E-state index in [1.54, 1.807) is 25.1 Å². The topological polar surface area (TPSA) is 58.5 Å². The maximum absolute atomic E-state index is 12.1. The molecule has 5 heteroatoms. The zero-order valence-electron chi connectivity index (χ0n) is 12.8. The van der Waals surface area contributed by atoms with Crippen LogP contribution in [0, 0.1) is 0 Å². The van der Waals surface area contributed by atoms with Crippen LogP contribution >= 0.6 is 0 Å². The third kappa shape index (κ3) is 4.18. The number of nitrogens with zero attached hydrogens (tertiary/aromatic N) is 1. The summed E-state index contributed by atoms with van der Waals surface area (Å²) in [6.45, 7) is 3.92. The fourth-order valence-corrected chi connectivity index (χ4v) is 2.92. The molecule has 0 amide bonds. The molecule has 0 spiro atoms. The maximum Gasteiger partial charge on any atom is 0.276 e. The van der Waals surface area contributed by atoms with E-state index in [0.717, 1.165) is 18.4 Å².